The van der Waals surface area contributed by atoms with E-state index in [0.29, 0.717) is 36.9 Å². The van der Waals surface area contributed by atoms with Crippen LogP contribution >= 0.6 is 0 Å². The molecule has 0 N–H and O–H groups in total. The largest absolute Gasteiger partial charge is 0.493 e. The van der Waals surface area contributed by atoms with Crippen molar-refractivity contribution in [2.24, 2.45) is 0 Å². The lowest BCUT2D eigenvalue weighted by Gasteiger charge is -2.13. The first kappa shape index (κ1) is 28.3. The predicted molar refractivity (Wildman–Crippen MR) is 134 cm³/mol. The molecule has 0 aliphatic heterocycles. The summed E-state index contributed by atoms with van der Waals surface area (Å²) in [7, 11) is 0. The van der Waals surface area contributed by atoms with E-state index in [9.17, 15) is 4.79 Å². The number of hydrogen-bond acceptors (Lipinski definition) is 4. The summed E-state index contributed by atoms with van der Waals surface area (Å²) < 4.78 is 17.4. The van der Waals surface area contributed by atoms with Gasteiger partial charge in [-0.2, -0.15) is 0 Å². The topological polar surface area (TPSA) is 44.8 Å². The van der Waals surface area contributed by atoms with E-state index >= 15 is 0 Å². The number of carbonyl (C=O) groups excluding carboxylic acids is 1. The average molecular weight is 449 g/mol. The number of unbranched alkanes of at least 4 members (excludes halogenated alkanes) is 12. The van der Waals surface area contributed by atoms with Crippen molar-refractivity contribution in [2.45, 2.75) is 117 Å². The number of ether oxygens (including phenoxy) is 3. The summed E-state index contributed by atoms with van der Waals surface area (Å²) in [6.07, 6.45) is 17.6. The lowest BCUT2D eigenvalue weighted by molar-refractivity contribution is 0.0496. The van der Waals surface area contributed by atoms with E-state index in [-0.39, 0.29) is 5.97 Å². The standard InChI is InChI=1S/C28H48O4/c1-4-7-10-13-16-19-30-26-22-25(28(29)32-21-18-15-12-9-6-3)23-27(24-26)31-20-17-14-11-8-5-2/h22-24H,4-21H2,1-3H3. The Morgan fingerprint density at radius 3 is 1.41 bits per heavy atom. The molecule has 0 heterocycles. The summed E-state index contributed by atoms with van der Waals surface area (Å²) in [6.45, 7) is 8.44. The highest BCUT2D eigenvalue weighted by atomic mass is 16.5. The van der Waals surface area contributed by atoms with Gasteiger partial charge in [0.1, 0.15) is 11.5 Å². The van der Waals surface area contributed by atoms with Gasteiger partial charge in [-0.05, 0) is 31.4 Å². The van der Waals surface area contributed by atoms with Gasteiger partial charge in [0.15, 0.2) is 0 Å². The van der Waals surface area contributed by atoms with Crippen LogP contribution in [0.15, 0.2) is 18.2 Å². The summed E-state index contributed by atoms with van der Waals surface area (Å²) in [6, 6.07) is 5.48. The first-order valence-electron chi connectivity index (χ1n) is 13.3. The molecule has 0 atom stereocenters. The number of benzene rings is 1. The lowest BCUT2D eigenvalue weighted by atomic mass is 10.1. The molecule has 0 fully saturated rings. The normalized spacial score (nSPS) is 10.8. The van der Waals surface area contributed by atoms with Crippen LogP contribution in [0.5, 0.6) is 11.5 Å². The smallest absolute Gasteiger partial charge is 0.338 e. The fourth-order valence-electron chi connectivity index (χ4n) is 3.60. The monoisotopic (exact) mass is 448 g/mol. The number of rotatable bonds is 21. The summed E-state index contributed by atoms with van der Waals surface area (Å²) in [5.74, 6) is 1.10. The molecule has 0 aromatic heterocycles. The first-order chi connectivity index (χ1) is 15.7. The van der Waals surface area contributed by atoms with Crippen molar-refractivity contribution in [1.29, 1.82) is 0 Å². The Balaban J connectivity index is 2.58. The maximum Gasteiger partial charge on any atom is 0.338 e. The molecule has 0 amide bonds. The van der Waals surface area contributed by atoms with E-state index in [1.807, 2.05) is 6.07 Å². The molecule has 32 heavy (non-hydrogen) atoms. The first-order valence-corrected chi connectivity index (χ1v) is 13.3. The van der Waals surface area contributed by atoms with Crippen LogP contribution in [0.25, 0.3) is 0 Å². The molecule has 0 aliphatic rings. The fourth-order valence-corrected chi connectivity index (χ4v) is 3.60. The lowest BCUT2D eigenvalue weighted by Crippen LogP contribution is -2.08. The minimum absolute atomic E-state index is 0.290. The van der Waals surface area contributed by atoms with Crippen molar-refractivity contribution < 1.29 is 19.0 Å². The highest BCUT2D eigenvalue weighted by Gasteiger charge is 2.12. The molecule has 4 nitrogen and oxygen atoms in total. The zero-order valence-corrected chi connectivity index (χ0v) is 21.1. The second-order valence-electron chi connectivity index (χ2n) is 8.77. The van der Waals surface area contributed by atoms with Gasteiger partial charge in [0, 0.05) is 6.07 Å². The Morgan fingerprint density at radius 1 is 0.562 bits per heavy atom. The van der Waals surface area contributed by atoms with Crippen LogP contribution in [0, 0.1) is 0 Å². The maximum atomic E-state index is 12.6. The molecule has 0 radical (unpaired) electrons. The van der Waals surface area contributed by atoms with Crippen molar-refractivity contribution in [3.63, 3.8) is 0 Å². The summed E-state index contributed by atoms with van der Waals surface area (Å²) in [5, 5.41) is 0. The van der Waals surface area contributed by atoms with Gasteiger partial charge in [0.25, 0.3) is 0 Å². The highest BCUT2D eigenvalue weighted by molar-refractivity contribution is 5.90. The van der Waals surface area contributed by atoms with Gasteiger partial charge in [-0.3, -0.25) is 0 Å². The number of hydrogen-bond donors (Lipinski definition) is 0. The Morgan fingerprint density at radius 2 is 0.969 bits per heavy atom. The molecule has 1 rings (SSSR count). The van der Waals surface area contributed by atoms with Gasteiger partial charge < -0.3 is 14.2 Å². The Kier molecular flexibility index (Phi) is 17.6. The van der Waals surface area contributed by atoms with E-state index < -0.39 is 0 Å². The van der Waals surface area contributed by atoms with Crippen molar-refractivity contribution in [1.82, 2.24) is 0 Å². The Labute approximate surface area is 197 Å². The summed E-state index contributed by atoms with van der Waals surface area (Å²) >= 11 is 0. The van der Waals surface area contributed by atoms with E-state index in [1.54, 1.807) is 12.1 Å². The van der Waals surface area contributed by atoms with Crippen LogP contribution in [-0.2, 0) is 4.74 Å². The highest BCUT2D eigenvalue weighted by Crippen LogP contribution is 2.25. The van der Waals surface area contributed by atoms with Gasteiger partial charge in [-0.15, -0.1) is 0 Å². The quantitative estimate of drug-likeness (QED) is 0.140. The third kappa shape index (κ3) is 14.4. The van der Waals surface area contributed by atoms with Gasteiger partial charge in [-0.1, -0.05) is 97.8 Å². The van der Waals surface area contributed by atoms with Crippen LogP contribution in [0.4, 0.5) is 0 Å². The van der Waals surface area contributed by atoms with Gasteiger partial charge in [0.05, 0.1) is 25.4 Å². The molecule has 4 heteroatoms. The third-order valence-corrected chi connectivity index (χ3v) is 5.63. The van der Waals surface area contributed by atoms with Crippen LogP contribution < -0.4 is 9.47 Å². The molecule has 1 aromatic carbocycles. The Bertz CT molecular complexity index is 551. The van der Waals surface area contributed by atoms with Gasteiger partial charge in [-0.25, -0.2) is 4.79 Å². The second-order valence-corrected chi connectivity index (χ2v) is 8.77. The predicted octanol–water partition coefficient (Wildman–Crippen LogP) is 8.51. The minimum Gasteiger partial charge on any atom is -0.493 e. The maximum absolute atomic E-state index is 12.6. The molecular weight excluding hydrogens is 400 g/mol. The van der Waals surface area contributed by atoms with E-state index in [0.717, 1.165) is 25.7 Å². The molecule has 0 spiro atoms. The van der Waals surface area contributed by atoms with Crippen molar-refractivity contribution in [3.8, 4) is 11.5 Å². The summed E-state index contributed by atoms with van der Waals surface area (Å²) in [5.41, 5.74) is 0.517. The van der Waals surface area contributed by atoms with Gasteiger partial charge >= 0.3 is 5.97 Å². The molecular formula is C28H48O4. The van der Waals surface area contributed by atoms with Crippen LogP contribution in [0.1, 0.15) is 127 Å². The van der Waals surface area contributed by atoms with E-state index in [1.165, 1.54) is 70.6 Å². The molecule has 184 valence electrons. The molecule has 1 aromatic rings. The molecule has 0 bridgehead atoms. The zero-order chi connectivity index (χ0) is 23.3. The van der Waals surface area contributed by atoms with Crippen molar-refractivity contribution in [3.05, 3.63) is 23.8 Å². The average Bonchev–Trinajstić information content (AvgIpc) is 2.80. The zero-order valence-electron chi connectivity index (χ0n) is 21.1. The third-order valence-electron chi connectivity index (χ3n) is 5.63. The SMILES string of the molecule is CCCCCCCOC(=O)c1cc(OCCCCCCC)cc(OCCCCCCC)c1. The molecule has 0 saturated heterocycles. The second kappa shape index (κ2) is 19.9. The number of carbonyl (C=O) groups is 1. The van der Waals surface area contributed by atoms with E-state index in [4.69, 9.17) is 14.2 Å². The van der Waals surface area contributed by atoms with Crippen LogP contribution in [0.2, 0.25) is 0 Å². The van der Waals surface area contributed by atoms with Gasteiger partial charge in [0.2, 0.25) is 0 Å². The molecule has 0 unspecified atom stereocenters. The molecule has 0 saturated carbocycles. The summed E-state index contributed by atoms with van der Waals surface area (Å²) in [4.78, 5) is 12.6. The van der Waals surface area contributed by atoms with Crippen LogP contribution in [0.3, 0.4) is 0 Å². The van der Waals surface area contributed by atoms with E-state index in [2.05, 4.69) is 20.8 Å². The fraction of sp³-hybridized carbons (Fsp3) is 0.750. The minimum atomic E-state index is -0.290. The van der Waals surface area contributed by atoms with Crippen molar-refractivity contribution in [2.75, 3.05) is 19.8 Å². The van der Waals surface area contributed by atoms with Crippen LogP contribution in [-0.4, -0.2) is 25.8 Å². The molecule has 0 aliphatic carbocycles. The van der Waals surface area contributed by atoms with Crippen molar-refractivity contribution >= 4 is 5.97 Å². The number of esters is 1. The Hall–Kier alpha value is -1.71.